The van der Waals surface area contributed by atoms with Gasteiger partial charge in [-0.05, 0) is 24.3 Å². The number of benzene rings is 1. The molecule has 2 aliphatic heterocycles. The fourth-order valence-corrected chi connectivity index (χ4v) is 3.56. The molecule has 0 aromatic heterocycles. The lowest BCUT2D eigenvalue weighted by molar-refractivity contribution is -0.290. The van der Waals surface area contributed by atoms with Gasteiger partial charge in [0.1, 0.15) is 42.0 Å². The van der Waals surface area contributed by atoms with Gasteiger partial charge in [-0.15, -0.1) is 0 Å². The van der Waals surface area contributed by atoms with Crippen LogP contribution in [0.2, 0.25) is 0 Å². The summed E-state index contributed by atoms with van der Waals surface area (Å²) in [5.41, 5.74) is 0.436. The number of phenols is 2. The first-order valence-electron chi connectivity index (χ1n) is 9.63. The Bertz CT molecular complexity index is 1020. The highest BCUT2D eigenvalue weighted by molar-refractivity contribution is 5.70. The van der Waals surface area contributed by atoms with Gasteiger partial charge in [0.05, 0.1) is 6.61 Å². The Morgan fingerprint density at radius 3 is 2.34 bits per heavy atom. The lowest BCUT2D eigenvalue weighted by Crippen LogP contribution is -2.59. The number of aliphatic hydroxyl groups is 6. The summed E-state index contributed by atoms with van der Waals surface area (Å²) in [7, 11) is 0. The largest absolute Gasteiger partial charge is 0.508 e. The van der Waals surface area contributed by atoms with Crippen LogP contribution in [0.25, 0.3) is 5.76 Å². The molecule has 1 aliphatic carbocycles. The first-order valence-corrected chi connectivity index (χ1v) is 9.63. The zero-order valence-corrected chi connectivity index (χ0v) is 16.4. The Labute approximate surface area is 181 Å². The standard InChI is InChI=1S/C21H22O11/c22-7-16-17(27)18(28)19(29)21(32-16)31-15-6-10-12(25)4-9(23)5-14(10)30-20(15)8-1-2-11(24)13(26)3-8/h1-6,14,16-19,21-29H,7H2/t14?,16-,17+,18+,19-,21-/m1/s1. The average molecular weight is 450 g/mol. The molecule has 4 rings (SSSR count). The van der Waals surface area contributed by atoms with Crippen molar-refractivity contribution in [2.45, 2.75) is 36.8 Å². The summed E-state index contributed by atoms with van der Waals surface area (Å²) in [6.45, 7) is -0.657. The molecule has 32 heavy (non-hydrogen) atoms. The zero-order valence-electron chi connectivity index (χ0n) is 16.4. The van der Waals surface area contributed by atoms with Gasteiger partial charge in [-0.25, -0.2) is 0 Å². The van der Waals surface area contributed by atoms with E-state index >= 15 is 0 Å². The van der Waals surface area contributed by atoms with Crippen LogP contribution in [0.4, 0.5) is 0 Å². The van der Waals surface area contributed by atoms with Crippen molar-refractivity contribution in [3.05, 3.63) is 64.8 Å². The molecule has 8 N–H and O–H groups in total. The SMILES string of the molecule is OC[C@H]1O[C@@H](OC2=C(c3ccc(O)c(O)c3)OC3C=C(O)C=C(O)C3=C2)[C@H](O)[C@@H](O)[C@H]1O. The Morgan fingerprint density at radius 2 is 1.66 bits per heavy atom. The molecule has 1 unspecified atom stereocenters. The van der Waals surface area contributed by atoms with Crippen molar-refractivity contribution in [2.75, 3.05) is 6.61 Å². The van der Waals surface area contributed by atoms with Crippen molar-refractivity contribution < 1.29 is 55.1 Å². The summed E-state index contributed by atoms with van der Waals surface area (Å²) in [5.74, 6) is -1.49. The van der Waals surface area contributed by atoms with E-state index in [1.165, 1.54) is 30.4 Å². The number of aliphatic hydroxyl groups excluding tert-OH is 6. The van der Waals surface area contributed by atoms with Crippen molar-refractivity contribution in [3.8, 4) is 11.5 Å². The highest BCUT2D eigenvalue weighted by Gasteiger charge is 2.45. The minimum Gasteiger partial charge on any atom is -0.508 e. The van der Waals surface area contributed by atoms with E-state index in [1.807, 2.05) is 0 Å². The van der Waals surface area contributed by atoms with E-state index in [1.54, 1.807) is 0 Å². The molecule has 0 saturated carbocycles. The zero-order chi connectivity index (χ0) is 23.2. The molecule has 0 bridgehead atoms. The maximum absolute atomic E-state index is 10.3. The van der Waals surface area contributed by atoms with E-state index < -0.39 is 49.2 Å². The van der Waals surface area contributed by atoms with Crippen molar-refractivity contribution in [1.29, 1.82) is 0 Å². The van der Waals surface area contributed by atoms with Gasteiger partial charge < -0.3 is 55.1 Å². The monoisotopic (exact) mass is 450 g/mol. The third kappa shape index (κ3) is 3.87. The number of ether oxygens (including phenoxy) is 3. The van der Waals surface area contributed by atoms with Crippen LogP contribution >= 0.6 is 0 Å². The highest BCUT2D eigenvalue weighted by Crippen LogP contribution is 2.39. The lowest BCUT2D eigenvalue weighted by atomic mass is 9.96. The van der Waals surface area contributed by atoms with Crippen molar-refractivity contribution in [2.24, 2.45) is 0 Å². The van der Waals surface area contributed by atoms with Crippen LogP contribution in [0, 0.1) is 0 Å². The van der Waals surface area contributed by atoms with Crippen molar-refractivity contribution in [1.82, 2.24) is 0 Å². The molecule has 11 nitrogen and oxygen atoms in total. The van der Waals surface area contributed by atoms with Gasteiger partial charge in [0.15, 0.2) is 23.0 Å². The summed E-state index contributed by atoms with van der Waals surface area (Å²) >= 11 is 0. The van der Waals surface area contributed by atoms with E-state index in [9.17, 15) is 40.9 Å². The Morgan fingerprint density at radius 1 is 0.906 bits per heavy atom. The summed E-state index contributed by atoms with van der Waals surface area (Å²) < 4.78 is 16.9. The predicted octanol–water partition coefficient (Wildman–Crippen LogP) is -0.195. The van der Waals surface area contributed by atoms with E-state index in [0.717, 1.165) is 6.08 Å². The molecule has 1 aromatic carbocycles. The molecule has 0 spiro atoms. The summed E-state index contributed by atoms with van der Waals surface area (Å²) in [5, 5.41) is 79.2. The molecule has 1 saturated heterocycles. The number of hydrogen-bond acceptors (Lipinski definition) is 11. The van der Waals surface area contributed by atoms with Crippen LogP contribution in [0.1, 0.15) is 5.56 Å². The second-order valence-electron chi connectivity index (χ2n) is 7.47. The van der Waals surface area contributed by atoms with Crippen LogP contribution in [0.3, 0.4) is 0 Å². The summed E-state index contributed by atoms with van der Waals surface area (Å²) in [4.78, 5) is 0. The maximum atomic E-state index is 10.3. The molecule has 172 valence electrons. The highest BCUT2D eigenvalue weighted by atomic mass is 16.7. The van der Waals surface area contributed by atoms with E-state index in [0.29, 0.717) is 0 Å². The third-order valence-corrected chi connectivity index (χ3v) is 5.29. The van der Waals surface area contributed by atoms with Gasteiger partial charge in [-0.2, -0.15) is 0 Å². The van der Waals surface area contributed by atoms with Gasteiger partial charge in [0, 0.05) is 23.3 Å². The molecule has 3 aliphatic rings. The molecular formula is C21H22O11. The predicted molar refractivity (Wildman–Crippen MR) is 106 cm³/mol. The molecular weight excluding hydrogens is 428 g/mol. The molecule has 6 atom stereocenters. The van der Waals surface area contributed by atoms with Crippen molar-refractivity contribution >= 4 is 5.76 Å². The van der Waals surface area contributed by atoms with Gasteiger partial charge in [0.25, 0.3) is 0 Å². The van der Waals surface area contributed by atoms with Crippen LogP contribution in [-0.2, 0) is 14.2 Å². The topological polar surface area (TPSA) is 190 Å². The number of rotatable bonds is 4. The van der Waals surface area contributed by atoms with Gasteiger partial charge in [0.2, 0.25) is 6.29 Å². The number of allylic oxidation sites excluding steroid dienone is 2. The Balaban J connectivity index is 1.76. The second kappa shape index (κ2) is 8.37. The quantitative estimate of drug-likeness (QED) is 0.284. The smallest absolute Gasteiger partial charge is 0.229 e. The van der Waals surface area contributed by atoms with Crippen LogP contribution < -0.4 is 0 Å². The summed E-state index contributed by atoms with van der Waals surface area (Å²) in [6, 6.07) is 3.79. The molecule has 0 radical (unpaired) electrons. The van der Waals surface area contributed by atoms with Gasteiger partial charge >= 0.3 is 0 Å². The second-order valence-corrected chi connectivity index (χ2v) is 7.47. The molecule has 0 amide bonds. The van der Waals surface area contributed by atoms with Crippen molar-refractivity contribution in [3.63, 3.8) is 0 Å². The fourth-order valence-electron chi connectivity index (χ4n) is 3.56. The number of aromatic hydroxyl groups is 2. The third-order valence-electron chi connectivity index (χ3n) is 5.29. The summed E-state index contributed by atoms with van der Waals surface area (Å²) in [6.07, 6.45) is -4.89. The maximum Gasteiger partial charge on any atom is 0.229 e. The lowest BCUT2D eigenvalue weighted by Gasteiger charge is -2.40. The van der Waals surface area contributed by atoms with Gasteiger partial charge in [-0.3, -0.25) is 0 Å². The van der Waals surface area contributed by atoms with E-state index in [2.05, 4.69) is 0 Å². The van der Waals surface area contributed by atoms with Crippen LogP contribution in [-0.4, -0.2) is 84.3 Å². The fraction of sp³-hybridized carbons (Fsp3) is 0.333. The normalized spacial score (nSPS) is 32.3. The number of phenolic OH excluding ortho intramolecular Hbond substituents is 2. The van der Waals surface area contributed by atoms with E-state index in [4.69, 9.17) is 14.2 Å². The molecule has 11 heteroatoms. The molecule has 1 aromatic rings. The van der Waals surface area contributed by atoms with Crippen LogP contribution in [0.15, 0.2) is 59.3 Å². The number of hydrogen-bond donors (Lipinski definition) is 8. The van der Waals surface area contributed by atoms with Gasteiger partial charge in [-0.1, -0.05) is 0 Å². The van der Waals surface area contributed by atoms with Crippen LogP contribution in [0.5, 0.6) is 11.5 Å². The minimum absolute atomic E-state index is 0.00948. The first-order chi connectivity index (χ1) is 15.2. The van der Waals surface area contributed by atoms with E-state index in [-0.39, 0.29) is 39.9 Å². The Kier molecular flexibility index (Phi) is 5.75. The molecule has 2 heterocycles. The average Bonchev–Trinajstić information content (AvgIpc) is 2.76. The number of fused-ring (bicyclic) bond motifs is 1. The minimum atomic E-state index is -1.70. The first kappa shape index (κ1) is 22.0. The Hall–Kier alpha value is -3.22. The molecule has 1 fully saturated rings.